The second kappa shape index (κ2) is 12.7. The maximum Gasteiger partial charge on any atom is 0.214 e. The van der Waals surface area contributed by atoms with E-state index in [2.05, 4.69) is 40.5 Å². The number of carbonyl (C=O) groups excluding carboxylic acids is 1. The summed E-state index contributed by atoms with van der Waals surface area (Å²) in [7, 11) is 0. The largest absolute Gasteiger partial charge is 0.374 e. The summed E-state index contributed by atoms with van der Waals surface area (Å²) >= 11 is 12.3. The van der Waals surface area contributed by atoms with Crippen LogP contribution in [0.5, 0.6) is 0 Å². The van der Waals surface area contributed by atoms with Crippen LogP contribution in [0.25, 0.3) is 0 Å². The SMILES string of the molecule is C[C@@H]1CN[C@@H](C)CN1/C(=C\N1CCCCC1)Nc1ccc(N(C=O)CCc2ccc(Cl)cc2Cl)cc1. The normalized spacial score (nSPS) is 20.8. The Morgan fingerprint density at radius 2 is 1.86 bits per heavy atom. The monoisotopic (exact) mass is 529 g/mol. The predicted molar refractivity (Wildman–Crippen MR) is 151 cm³/mol. The molecule has 0 radical (unpaired) electrons. The summed E-state index contributed by atoms with van der Waals surface area (Å²) in [5.74, 6) is 1.13. The van der Waals surface area contributed by atoms with Gasteiger partial charge in [-0.3, -0.25) is 4.79 Å². The maximum atomic E-state index is 11.9. The van der Waals surface area contributed by atoms with Crippen LogP contribution in [-0.4, -0.2) is 61.0 Å². The van der Waals surface area contributed by atoms with Gasteiger partial charge < -0.3 is 25.3 Å². The zero-order valence-electron chi connectivity index (χ0n) is 21.2. The van der Waals surface area contributed by atoms with Gasteiger partial charge >= 0.3 is 0 Å². The molecule has 2 aromatic rings. The smallest absolute Gasteiger partial charge is 0.214 e. The van der Waals surface area contributed by atoms with Crippen molar-refractivity contribution in [1.29, 1.82) is 0 Å². The number of piperidine rings is 1. The number of nitrogens with one attached hydrogen (secondary N) is 2. The van der Waals surface area contributed by atoms with Crippen molar-refractivity contribution in [3.8, 4) is 0 Å². The van der Waals surface area contributed by atoms with E-state index in [1.165, 1.54) is 19.3 Å². The first-order chi connectivity index (χ1) is 17.4. The molecule has 2 saturated heterocycles. The molecule has 1 amide bonds. The molecular formula is C28H37Cl2N5O. The van der Waals surface area contributed by atoms with Crippen LogP contribution >= 0.6 is 23.2 Å². The number of piperazine rings is 1. The van der Waals surface area contributed by atoms with Crippen LogP contribution in [0.1, 0.15) is 38.7 Å². The van der Waals surface area contributed by atoms with Gasteiger partial charge in [0.1, 0.15) is 5.82 Å². The molecule has 0 bridgehead atoms. The highest BCUT2D eigenvalue weighted by Gasteiger charge is 2.25. The van der Waals surface area contributed by atoms with Crippen molar-refractivity contribution in [2.24, 2.45) is 0 Å². The number of likely N-dealkylation sites (tertiary alicyclic amines) is 1. The number of anilines is 2. The van der Waals surface area contributed by atoms with Crippen LogP contribution in [0, 0.1) is 0 Å². The van der Waals surface area contributed by atoms with Crippen molar-refractivity contribution < 1.29 is 4.79 Å². The highest BCUT2D eigenvalue weighted by Crippen LogP contribution is 2.25. The lowest BCUT2D eigenvalue weighted by atomic mass is 10.1. The molecular weight excluding hydrogens is 493 g/mol. The van der Waals surface area contributed by atoms with Crippen LogP contribution in [-0.2, 0) is 11.2 Å². The van der Waals surface area contributed by atoms with Gasteiger partial charge in [0, 0.05) is 72.4 Å². The Kier molecular flexibility index (Phi) is 9.41. The third-order valence-corrected chi connectivity index (χ3v) is 7.59. The topological polar surface area (TPSA) is 50.9 Å². The van der Waals surface area contributed by atoms with E-state index in [9.17, 15) is 4.79 Å². The summed E-state index contributed by atoms with van der Waals surface area (Å²) in [5, 5.41) is 8.49. The van der Waals surface area contributed by atoms with E-state index in [-0.39, 0.29) is 0 Å². The number of hydrogen-bond donors (Lipinski definition) is 2. The molecule has 2 aliphatic heterocycles. The van der Waals surface area contributed by atoms with Crippen LogP contribution in [0.4, 0.5) is 11.4 Å². The second-order valence-corrected chi connectivity index (χ2v) is 10.7. The molecule has 0 saturated carbocycles. The van der Waals surface area contributed by atoms with E-state index in [1.54, 1.807) is 11.0 Å². The zero-order valence-corrected chi connectivity index (χ0v) is 22.7. The van der Waals surface area contributed by atoms with Gasteiger partial charge in [0.15, 0.2) is 0 Å². The summed E-state index contributed by atoms with van der Waals surface area (Å²) in [6.45, 7) is 9.16. The van der Waals surface area contributed by atoms with Gasteiger partial charge in [-0.2, -0.15) is 0 Å². The van der Waals surface area contributed by atoms with Gasteiger partial charge in [-0.1, -0.05) is 29.3 Å². The first-order valence-electron chi connectivity index (χ1n) is 12.9. The van der Waals surface area contributed by atoms with E-state index in [0.29, 0.717) is 35.1 Å². The molecule has 2 aromatic carbocycles. The van der Waals surface area contributed by atoms with E-state index in [1.807, 2.05) is 36.4 Å². The third-order valence-electron chi connectivity index (χ3n) is 7.01. The molecule has 2 atom stereocenters. The summed E-state index contributed by atoms with van der Waals surface area (Å²) in [4.78, 5) is 18.5. The fourth-order valence-corrected chi connectivity index (χ4v) is 5.35. The van der Waals surface area contributed by atoms with E-state index < -0.39 is 0 Å². The minimum absolute atomic E-state index is 0.397. The molecule has 0 aromatic heterocycles. The number of benzene rings is 2. The van der Waals surface area contributed by atoms with Crippen molar-refractivity contribution >= 4 is 41.0 Å². The lowest BCUT2D eigenvalue weighted by Gasteiger charge is -2.41. The molecule has 2 aliphatic rings. The molecule has 8 heteroatoms. The van der Waals surface area contributed by atoms with Crippen molar-refractivity contribution in [3.63, 3.8) is 0 Å². The van der Waals surface area contributed by atoms with Gasteiger partial charge in [0.2, 0.25) is 6.41 Å². The minimum Gasteiger partial charge on any atom is -0.374 e. The molecule has 36 heavy (non-hydrogen) atoms. The Balaban J connectivity index is 1.46. The Hall–Kier alpha value is -2.41. The summed E-state index contributed by atoms with van der Waals surface area (Å²) in [6.07, 6.45) is 7.63. The van der Waals surface area contributed by atoms with Crippen molar-refractivity contribution in [2.45, 2.75) is 51.6 Å². The number of nitrogens with zero attached hydrogens (tertiary/aromatic N) is 3. The minimum atomic E-state index is 0.397. The van der Waals surface area contributed by atoms with Gasteiger partial charge in [0.05, 0.1) is 0 Å². The number of carbonyl (C=O) groups is 1. The highest BCUT2D eigenvalue weighted by molar-refractivity contribution is 6.35. The van der Waals surface area contributed by atoms with E-state index in [4.69, 9.17) is 23.2 Å². The molecule has 0 spiro atoms. The lowest BCUT2D eigenvalue weighted by Crippen LogP contribution is -2.54. The highest BCUT2D eigenvalue weighted by atomic mass is 35.5. The van der Waals surface area contributed by atoms with Gasteiger partial charge in [-0.15, -0.1) is 0 Å². The van der Waals surface area contributed by atoms with E-state index >= 15 is 0 Å². The molecule has 2 heterocycles. The average Bonchev–Trinajstić information content (AvgIpc) is 2.88. The number of amides is 1. The van der Waals surface area contributed by atoms with Crippen LogP contribution in [0.3, 0.4) is 0 Å². The Bertz CT molecular complexity index is 1040. The molecule has 6 nitrogen and oxygen atoms in total. The first kappa shape index (κ1) is 26.6. The van der Waals surface area contributed by atoms with Crippen LogP contribution < -0.4 is 15.5 Å². The fourth-order valence-electron chi connectivity index (χ4n) is 4.85. The molecule has 194 valence electrons. The fraction of sp³-hybridized carbons (Fsp3) is 0.464. The van der Waals surface area contributed by atoms with Crippen molar-refractivity contribution in [3.05, 3.63) is 70.1 Å². The Morgan fingerprint density at radius 1 is 1.11 bits per heavy atom. The molecule has 0 aliphatic carbocycles. The average molecular weight is 531 g/mol. The maximum absolute atomic E-state index is 11.9. The third kappa shape index (κ3) is 7.09. The summed E-state index contributed by atoms with van der Waals surface area (Å²) < 4.78 is 0. The van der Waals surface area contributed by atoms with Crippen LogP contribution in [0.15, 0.2) is 54.5 Å². The molecule has 0 unspecified atom stereocenters. The standard InChI is InChI=1S/C28H37Cl2N5O/c1-21-18-35(22(2)17-31-21)28(19-33-13-4-3-5-14-33)32-25-8-10-26(11-9-25)34(20-36)15-12-23-6-7-24(29)16-27(23)30/h6-11,16,19-22,31-32H,3-5,12-15,17-18H2,1-2H3/b28-19-/t21-,22+/m0/s1. The summed E-state index contributed by atoms with van der Waals surface area (Å²) in [5.41, 5.74) is 2.83. The molecule has 4 rings (SSSR count). The van der Waals surface area contributed by atoms with Crippen molar-refractivity contribution in [1.82, 2.24) is 15.1 Å². The van der Waals surface area contributed by atoms with Gasteiger partial charge in [-0.05, 0) is 81.5 Å². The quantitative estimate of drug-likeness (QED) is 0.415. The van der Waals surface area contributed by atoms with Gasteiger partial charge in [0.25, 0.3) is 0 Å². The summed E-state index contributed by atoms with van der Waals surface area (Å²) in [6, 6.07) is 14.4. The number of hydrogen-bond acceptors (Lipinski definition) is 5. The number of halogens is 2. The molecule has 2 N–H and O–H groups in total. The zero-order chi connectivity index (χ0) is 25.5. The first-order valence-corrected chi connectivity index (χ1v) is 13.7. The Labute approximate surface area is 225 Å². The van der Waals surface area contributed by atoms with E-state index in [0.717, 1.165) is 55.3 Å². The Morgan fingerprint density at radius 3 is 2.56 bits per heavy atom. The van der Waals surface area contributed by atoms with Gasteiger partial charge in [-0.25, -0.2) is 0 Å². The number of rotatable bonds is 9. The molecule has 2 fully saturated rings. The lowest BCUT2D eigenvalue weighted by molar-refractivity contribution is -0.107. The van der Waals surface area contributed by atoms with Crippen molar-refractivity contribution in [2.75, 3.05) is 42.9 Å². The second-order valence-electron chi connectivity index (χ2n) is 9.88. The van der Waals surface area contributed by atoms with Crippen LogP contribution in [0.2, 0.25) is 10.0 Å². The predicted octanol–water partition coefficient (Wildman–Crippen LogP) is 5.58.